The van der Waals surface area contributed by atoms with Crippen LogP contribution < -0.4 is 10.7 Å². The van der Waals surface area contributed by atoms with E-state index in [0.29, 0.717) is 56.7 Å². The number of morpholine rings is 1. The van der Waals surface area contributed by atoms with Gasteiger partial charge in [0.1, 0.15) is 5.82 Å². The number of carbonyl (C=O) groups is 1. The third-order valence-electron chi connectivity index (χ3n) is 7.69. The second-order valence-electron chi connectivity index (χ2n) is 10.1. The van der Waals surface area contributed by atoms with Crippen molar-refractivity contribution in [3.05, 3.63) is 72.1 Å². The number of benzene rings is 1. The van der Waals surface area contributed by atoms with Gasteiger partial charge in [0.05, 0.1) is 19.3 Å². The molecule has 12 heteroatoms. The van der Waals surface area contributed by atoms with Crippen molar-refractivity contribution in [1.82, 2.24) is 29.8 Å². The van der Waals surface area contributed by atoms with E-state index in [2.05, 4.69) is 30.0 Å². The van der Waals surface area contributed by atoms with E-state index < -0.39 is 5.82 Å². The second kappa shape index (κ2) is 11.8. The number of ether oxygens (including phenoxy) is 1. The lowest BCUT2D eigenvalue weighted by molar-refractivity contribution is 0.0107. The molecule has 3 aromatic rings. The Kier molecular flexibility index (Phi) is 8.20. The summed E-state index contributed by atoms with van der Waals surface area (Å²) >= 11 is 0. The van der Waals surface area contributed by atoms with Gasteiger partial charge < -0.3 is 15.4 Å². The monoisotopic (exact) mass is 554 g/mol. The molecule has 2 N–H and O–H groups in total. The number of likely N-dealkylation sites (tertiary alicyclic amines) is 1. The average molecular weight is 555 g/mol. The lowest BCUT2D eigenvalue weighted by Gasteiger charge is -2.52. The summed E-state index contributed by atoms with van der Waals surface area (Å²) in [6, 6.07) is 7.56. The minimum Gasteiger partial charge on any atom is -0.379 e. The fourth-order valence-corrected chi connectivity index (χ4v) is 5.91. The third kappa shape index (κ3) is 5.66. The lowest BCUT2D eigenvalue weighted by Crippen LogP contribution is -2.63. The maximum absolute atomic E-state index is 14.1. The molecule has 10 nitrogen and oxygen atoms in total. The average Bonchev–Trinajstić information content (AvgIpc) is 3.80. The summed E-state index contributed by atoms with van der Waals surface area (Å²) in [5, 5.41) is 4.45. The highest BCUT2D eigenvalue weighted by Gasteiger charge is 2.51. The number of anilines is 2. The Balaban J connectivity index is 0.00000308. The molecule has 206 valence electrons. The molecule has 2 saturated heterocycles. The largest absolute Gasteiger partial charge is 0.379 e. The van der Waals surface area contributed by atoms with Gasteiger partial charge >= 0.3 is 0 Å². The van der Waals surface area contributed by atoms with Crippen molar-refractivity contribution in [3.63, 3.8) is 0 Å². The molecule has 2 aliphatic heterocycles. The molecule has 1 amide bonds. The predicted molar refractivity (Wildman–Crippen MR) is 146 cm³/mol. The number of carbonyl (C=O) groups excluding carboxylic acids is 1. The van der Waals surface area contributed by atoms with Gasteiger partial charge in [-0.2, -0.15) is 0 Å². The van der Waals surface area contributed by atoms with E-state index in [-0.39, 0.29) is 42.3 Å². The molecular weight excluding hydrogens is 523 g/mol. The molecule has 0 bridgehead atoms. The normalized spacial score (nSPS) is 23.6. The van der Waals surface area contributed by atoms with Gasteiger partial charge in [-0.25, -0.2) is 29.3 Å². The van der Waals surface area contributed by atoms with Crippen molar-refractivity contribution in [1.29, 1.82) is 0 Å². The first-order chi connectivity index (χ1) is 18.6. The molecule has 39 heavy (non-hydrogen) atoms. The molecular formula is C27H32ClFN8O2. The van der Waals surface area contributed by atoms with E-state index in [1.807, 2.05) is 4.90 Å². The first-order valence-corrected chi connectivity index (χ1v) is 13.1. The SMILES string of the molecule is Cl.Nc1ncc(C2C(C3CC3)N(C(=O)c3cccc(F)c3)CCC2N(c2ncccn2)N2CCOCC2)cn1. The van der Waals surface area contributed by atoms with Crippen LogP contribution in [0.4, 0.5) is 16.3 Å². The Labute approximate surface area is 232 Å². The van der Waals surface area contributed by atoms with Crippen LogP contribution in [0, 0.1) is 11.7 Å². The summed E-state index contributed by atoms with van der Waals surface area (Å²) in [7, 11) is 0. The van der Waals surface area contributed by atoms with Crippen molar-refractivity contribution in [2.45, 2.75) is 37.3 Å². The maximum Gasteiger partial charge on any atom is 0.254 e. The number of amides is 1. The summed E-state index contributed by atoms with van der Waals surface area (Å²) in [5.74, 6) is 0.419. The van der Waals surface area contributed by atoms with Gasteiger partial charge in [0.2, 0.25) is 11.9 Å². The molecule has 0 spiro atoms. The molecule has 3 atom stereocenters. The van der Waals surface area contributed by atoms with Crippen LogP contribution in [0.25, 0.3) is 0 Å². The number of halogens is 2. The Hall–Kier alpha value is -3.41. The highest BCUT2D eigenvalue weighted by atomic mass is 35.5. The van der Waals surface area contributed by atoms with Gasteiger partial charge in [-0.1, -0.05) is 6.07 Å². The van der Waals surface area contributed by atoms with Crippen molar-refractivity contribution in [2.24, 2.45) is 5.92 Å². The third-order valence-corrected chi connectivity index (χ3v) is 7.69. The fourth-order valence-electron chi connectivity index (χ4n) is 5.91. The fraction of sp³-hybridized carbons (Fsp3) is 0.444. The zero-order valence-corrected chi connectivity index (χ0v) is 22.3. The number of hydrazine groups is 1. The molecule has 3 unspecified atom stereocenters. The number of nitrogen functional groups attached to an aromatic ring is 1. The Bertz CT molecular complexity index is 1260. The van der Waals surface area contributed by atoms with Gasteiger partial charge in [0, 0.05) is 61.9 Å². The quantitative estimate of drug-likeness (QED) is 0.491. The molecule has 3 fully saturated rings. The minimum atomic E-state index is -0.420. The molecule has 3 aliphatic rings. The Morgan fingerprint density at radius 2 is 1.72 bits per heavy atom. The van der Waals surface area contributed by atoms with Crippen molar-refractivity contribution < 1.29 is 13.9 Å². The number of rotatable bonds is 6. The number of aromatic nitrogens is 4. The second-order valence-corrected chi connectivity index (χ2v) is 10.1. The first-order valence-electron chi connectivity index (χ1n) is 13.1. The van der Waals surface area contributed by atoms with Gasteiger partial charge in [-0.05, 0) is 55.0 Å². The Morgan fingerprint density at radius 1 is 1.00 bits per heavy atom. The maximum atomic E-state index is 14.1. The van der Waals surface area contributed by atoms with Crippen molar-refractivity contribution in [2.75, 3.05) is 43.6 Å². The zero-order valence-electron chi connectivity index (χ0n) is 21.5. The molecule has 1 aliphatic carbocycles. The highest BCUT2D eigenvalue weighted by Crippen LogP contribution is 2.48. The lowest BCUT2D eigenvalue weighted by atomic mass is 9.77. The van der Waals surface area contributed by atoms with Gasteiger partial charge in [-0.3, -0.25) is 9.80 Å². The van der Waals surface area contributed by atoms with E-state index in [0.717, 1.165) is 18.4 Å². The summed E-state index contributed by atoms with van der Waals surface area (Å²) < 4.78 is 19.7. The number of nitrogens with zero attached hydrogens (tertiary/aromatic N) is 7. The van der Waals surface area contributed by atoms with Crippen LogP contribution in [0.5, 0.6) is 0 Å². The van der Waals surface area contributed by atoms with E-state index >= 15 is 0 Å². The highest BCUT2D eigenvalue weighted by molar-refractivity contribution is 5.94. The van der Waals surface area contributed by atoms with E-state index in [1.165, 1.54) is 12.1 Å². The van der Waals surface area contributed by atoms with E-state index in [1.54, 1.807) is 43.0 Å². The molecule has 0 radical (unpaired) electrons. The summed E-state index contributed by atoms with van der Waals surface area (Å²) in [6.07, 6.45) is 9.75. The number of nitrogens with two attached hydrogens (primary N) is 1. The summed E-state index contributed by atoms with van der Waals surface area (Å²) in [4.78, 5) is 33.6. The molecule has 1 saturated carbocycles. The van der Waals surface area contributed by atoms with Crippen LogP contribution in [0.1, 0.15) is 41.1 Å². The van der Waals surface area contributed by atoms with Crippen LogP contribution in [0.15, 0.2) is 55.1 Å². The topological polar surface area (TPSA) is 114 Å². The van der Waals surface area contributed by atoms with Gasteiger partial charge in [0.15, 0.2) is 0 Å². The summed E-state index contributed by atoms with van der Waals surface area (Å²) in [6.45, 7) is 3.17. The minimum absolute atomic E-state index is 0. The van der Waals surface area contributed by atoms with Gasteiger partial charge in [0.25, 0.3) is 5.91 Å². The van der Waals surface area contributed by atoms with E-state index in [4.69, 9.17) is 10.5 Å². The summed E-state index contributed by atoms with van der Waals surface area (Å²) in [5.41, 5.74) is 7.12. The van der Waals surface area contributed by atoms with Crippen molar-refractivity contribution in [3.8, 4) is 0 Å². The van der Waals surface area contributed by atoms with Crippen LogP contribution in [-0.4, -0.2) is 80.7 Å². The van der Waals surface area contributed by atoms with Crippen LogP contribution in [-0.2, 0) is 4.74 Å². The predicted octanol–water partition coefficient (Wildman–Crippen LogP) is 2.94. The van der Waals surface area contributed by atoms with Crippen LogP contribution in [0.2, 0.25) is 0 Å². The molecule has 6 rings (SSSR count). The number of piperidine rings is 1. The molecule has 2 aromatic heterocycles. The van der Waals surface area contributed by atoms with E-state index in [9.17, 15) is 9.18 Å². The first kappa shape index (κ1) is 27.2. The Morgan fingerprint density at radius 3 is 2.38 bits per heavy atom. The van der Waals surface area contributed by atoms with Crippen molar-refractivity contribution >= 4 is 30.2 Å². The molecule has 4 heterocycles. The zero-order chi connectivity index (χ0) is 26.1. The van der Waals surface area contributed by atoms with Gasteiger partial charge in [-0.15, -0.1) is 12.4 Å². The number of hydrogen-bond acceptors (Lipinski definition) is 9. The van der Waals surface area contributed by atoms with Crippen LogP contribution in [0.3, 0.4) is 0 Å². The number of hydrogen-bond donors (Lipinski definition) is 1. The smallest absolute Gasteiger partial charge is 0.254 e. The molecule has 1 aromatic carbocycles. The van der Waals surface area contributed by atoms with Crippen LogP contribution >= 0.6 is 12.4 Å². The standard InChI is InChI=1S/C27H31FN8O2.ClH/c28-21-4-1-3-19(15-21)25(37)35-10-7-22(23(24(35)18-5-6-18)20-16-32-26(29)33-17-20)36(27-30-8-2-9-31-27)34-11-13-38-14-12-34;/h1-4,8-9,15-18,22-24H,5-7,10-14H2,(H2,29,32,33);1H.